The average molecular weight is 550 g/mol. The third kappa shape index (κ3) is 5.80. The van der Waals surface area contributed by atoms with Crippen molar-refractivity contribution in [1.82, 2.24) is 19.9 Å². The van der Waals surface area contributed by atoms with Gasteiger partial charge >= 0.3 is 6.01 Å². The summed E-state index contributed by atoms with van der Waals surface area (Å²) < 4.78 is 11.1. The Morgan fingerprint density at radius 2 is 1.97 bits per heavy atom. The van der Waals surface area contributed by atoms with Crippen LogP contribution in [0.25, 0.3) is 21.3 Å². The van der Waals surface area contributed by atoms with Gasteiger partial charge in [-0.15, -0.1) is 11.3 Å². The standard InChI is InChI=1S/C28H31N5O5S/c1-3-21-14-22-25(30-28(31-26(22)39-21)38-17-20(35)16-34)32-9-11-33(12-10-32)27(36)19-6-4-5-18(13-19)23-15-29-8-7-24(23)37-2/h4-8,13-15,20,34-35H,3,9-12,16-17H2,1-2H3/t20-/m1/s1. The van der Waals surface area contributed by atoms with Gasteiger partial charge in [0.05, 0.1) is 19.1 Å². The van der Waals surface area contributed by atoms with Gasteiger partial charge in [0, 0.05) is 54.6 Å². The van der Waals surface area contributed by atoms with Crippen molar-refractivity contribution in [3.63, 3.8) is 0 Å². The van der Waals surface area contributed by atoms with Gasteiger partial charge in [0.15, 0.2) is 0 Å². The van der Waals surface area contributed by atoms with Crippen molar-refractivity contribution in [2.45, 2.75) is 19.4 Å². The van der Waals surface area contributed by atoms with Crippen LogP contribution >= 0.6 is 11.3 Å². The fourth-order valence-corrected chi connectivity index (χ4v) is 5.49. The summed E-state index contributed by atoms with van der Waals surface area (Å²) in [6.07, 6.45) is 3.29. The molecular weight excluding hydrogens is 518 g/mol. The van der Waals surface area contributed by atoms with E-state index in [1.54, 1.807) is 36.9 Å². The topological polar surface area (TPSA) is 121 Å². The summed E-state index contributed by atoms with van der Waals surface area (Å²) in [5.74, 6) is 1.42. The smallest absolute Gasteiger partial charge is 0.319 e. The summed E-state index contributed by atoms with van der Waals surface area (Å²) in [5.41, 5.74) is 2.31. The van der Waals surface area contributed by atoms with Gasteiger partial charge in [0.1, 0.15) is 29.1 Å². The van der Waals surface area contributed by atoms with Gasteiger partial charge in [-0.3, -0.25) is 9.78 Å². The lowest BCUT2D eigenvalue weighted by Crippen LogP contribution is -2.49. The molecule has 4 heterocycles. The minimum Gasteiger partial charge on any atom is -0.496 e. The number of nitrogens with zero attached hydrogens (tertiary/aromatic N) is 5. The summed E-state index contributed by atoms with van der Waals surface area (Å²) in [6, 6.07) is 11.6. The van der Waals surface area contributed by atoms with Crippen LogP contribution in [0.4, 0.5) is 5.82 Å². The van der Waals surface area contributed by atoms with E-state index in [4.69, 9.17) is 14.6 Å². The monoisotopic (exact) mass is 549 g/mol. The molecule has 0 unspecified atom stereocenters. The SMILES string of the molecule is CCc1cc2c(N3CCN(C(=O)c4cccc(-c5cnccc5OC)c4)CC3)nc(OC[C@H](O)CO)nc2s1. The Bertz CT molecular complexity index is 1450. The third-order valence-electron chi connectivity index (χ3n) is 6.66. The molecule has 204 valence electrons. The second kappa shape index (κ2) is 11.9. The molecule has 4 aromatic rings. The molecule has 0 radical (unpaired) electrons. The minimum atomic E-state index is -1.01. The van der Waals surface area contributed by atoms with E-state index in [0.29, 0.717) is 37.5 Å². The van der Waals surface area contributed by atoms with Gasteiger partial charge in [-0.25, -0.2) is 0 Å². The van der Waals surface area contributed by atoms with E-state index < -0.39 is 12.7 Å². The molecule has 11 heteroatoms. The Hall–Kier alpha value is -3.80. The van der Waals surface area contributed by atoms with Crippen LogP contribution in [0.5, 0.6) is 11.8 Å². The molecule has 2 N–H and O–H groups in total. The minimum absolute atomic E-state index is 0.0296. The summed E-state index contributed by atoms with van der Waals surface area (Å²) in [6.45, 7) is 3.87. The van der Waals surface area contributed by atoms with E-state index in [-0.39, 0.29) is 18.5 Å². The molecule has 3 aromatic heterocycles. The van der Waals surface area contributed by atoms with Crippen molar-refractivity contribution in [3.05, 3.63) is 59.2 Å². The molecule has 1 saturated heterocycles. The molecule has 1 fully saturated rings. The lowest BCUT2D eigenvalue weighted by Gasteiger charge is -2.35. The largest absolute Gasteiger partial charge is 0.496 e. The summed E-state index contributed by atoms with van der Waals surface area (Å²) in [4.78, 5) is 32.8. The number of ether oxygens (including phenoxy) is 2. The molecule has 1 amide bonds. The zero-order valence-electron chi connectivity index (χ0n) is 21.9. The number of aliphatic hydroxyl groups excluding tert-OH is 2. The molecule has 1 aliphatic rings. The number of fused-ring (bicyclic) bond motifs is 1. The number of thiophene rings is 1. The maximum atomic E-state index is 13.4. The summed E-state index contributed by atoms with van der Waals surface area (Å²) in [5, 5.41) is 19.7. The number of carbonyl (C=O) groups is 1. The number of amides is 1. The normalized spacial score (nSPS) is 14.5. The Labute approximate surface area is 230 Å². The van der Waals surface area contributed by atoms with Crippen molar-refractivity contribution in [2.24, 2.45) is 0 Å². The van der Waals surface area contributed by atoms with E-state index in [9.17, 15) is 9.90 Å². The number of benzene rings is 1. The lowest BCUT2D eigenvalue weighted by atomic mass is 10.0. The first kappa shape index (κ1) is 26.8. The van der Waals surface area contributed by atoms with Gasteiger partial charge in [0.2, 0.25) is 0 Å². The second-order valence-corrected chi connectivity index (χ2v) is 10.3. The molecule has 10 nitrogen and oxygen atoms in total. The van der Waals surface area contributed by atoms with E-state index in [1.807, 2.05) is 29.2 Å². The number of hydrogen-bond donors (Lipinski definition) is 2. The van der Waals surface area contributed by atoms with Gasteiger partial charge in [-0.05, 0) is 36.2 Å². The maximum Gasteiger partial charge on any atom is 0.319 e. The van der Waals surface area contributed by atoms with Crippen molar-refractivity contribution in [1.29, 1.82) is 0 Å². The molecular formula is C28H31N5O5S. The molecule has 1 atom stereocenters. The van der Waals surface area contributed by atoms with Gasteiger partial charge in [0.25, 0.3) is 5.91 Å². The van der Waals surface area contributed by atoms with E-state index in [0.717, 1.165) is 33.6 Å². The van der Waals surface area contributed by atoms with Crippen molar-refractivity contribution >= 4 is 33.3 Å². The molecule has 1 aromatic carbocycles. The number of rotatable bonds is 9. The number of aryl methyl sites for hydroxylation is 1. The van der Waals surface area contributed by atoms with Crippen LogP contribution < -0.4 is 14.4 Å². The third-order valence-corrected chi connectivity index (χ3v) is 7.83. The first-order valence-electron chi connectivity index (χ1n) is 12.9. The Morgan fingerprint density at radius 1 is 1.15 bits per heavy atom. The molecule has 5 rings (SSSR count). The predicted octanol–water partition coefficient (Wildman–Crippen LogP) is 3.02. The van der Waals surface area contributed by atoms with Crippen molar-refractivity contribution in [2.75, 3.05) is 51.4 Å². The number of piperazine rings is 1. The molecule has 0 aliphatic carbocycles. The number of methoxy groups -OCH3 is 1. The van der Waals surface area contributed by atoms with Crippen LogP contribution in [0.1, 0.15) is 22.2 Å². The summed E-state index contributed by atoms with van der Waals surface area (Å²) >= 11 is 1.59. The van der Waals surface area contributed by atoms with Crippen LogP contribution in [0, 0.1) is 0 Å². The molecule has 0 bridgehead atoms. The van der Waals surface area contributed by atoms with E-state index in [1.165, 1.54) is 4.88 Å². The first-order valence-corrected chi connectivity index (χ1v) is 13.7. The van der Waals surface area contributed by atoms with E-state index in [2.05, 4.69) is 32.8 Å². The van der Waals surface area contributed by atoms with Crippen LogP contribution in [-0.4, -0.2) is 88.6 Å². The zero-order chi connectivity index (χ0) is 27.4. The maximum absolute atomic E-state index is 13.4. The second-order valence-electron chi connectivity index (χ2n) is 9.20. The Balaban J connectivity index is 1.33. The number of aliphatic hydroxyl groups is 2. The highest BCUT2D eigenvalue weighted by Gasteiger charge is 2.26. The number of aromatic nitrogens is 3. The molecule has 0 saturated carbocycles. The van der Waals surface area contributed by atoms with Gasteiger partial charge < -0.3 is 29.5 Å². The predicted molar refractivity (Wildman–Crippen MR) is 150 cm³/mol. The molecule has 1 aliphatic heterocycles. The number of pyridine rings is 1. The highest BCUT2D eigenvalue weighted by atomic mass is 32.1. The lowest BCUT2D eigenvalue weighted by molar-refractivity contribution is 0.0506. The van der Waals surface area contributed by atoms with Gasteiger partial charge in [-0.2, -0.15) is 9.97 Å². The number of anilines is 1. The Kier molecular flexibility index (Phi) is 8.20. The van der Waals surface area contributed by atoms with Gasteiger partial charge in [-0.1, -0.05) is 19.1 Å². The van der Waals surface area contributed by atoms with Crippen LogP contribution in [-0.2, 0) is 6.42 Å². The fourth-order valence-electron chi connectivity index (χ4n) is 4.54. The van der Waals surface area contributed by atoms with Crippen LogP contribution in [0.3, 0.4) is 0 Å². The average Bonchev–Trinajstić information content (AvgIpc) is 3.42. The first-order chi connectivity index (χ1) is 19.0. The van der Waals surface area contributed by atoms with E-state index >= 15 is 0 Å². The quantitative estimate of drug-likeness (QED) is 0.325. The fraction of sp³-hybridized carbons (Fsp3) is 0.357. The molecule has 0 spiro atoms. The summed E-state index contributed by atoms with van der Waals surface area (Å²) in [7, 11) is 1.62. The van der Waals surface area contributed by atoms with Crippen LogP contribution in [0.2, 0.25) is 0 Å². The number of hydrogen-bond acceptors (Lipinski definition) is 10. The zero-order valence-corrected chi connectivity index (χ0v) is 22.7. The van der Waals surface area contributed by atoms with Crippen molar-refractivity contribution < 1.29 is 24.5 Å². The molecule has 39 heavy (non-hydrogen) atoms. The van der Waals surface area contributed by atoms with Crippen LogP contribution in [0.15, 0.2) is 48.8 Å². The highest BCUT2D eigenvalue weighted by Crippen LogP contribution is 2.34. The highest BCUT2D eigenvalue weighted by molar-refractivity contribution is 7.18. The number of carbonyl (C=O) groups excluding carboxylic acids is 1. The van der Waals surface area contributed by atoms with Crippen molar-refractivity contribution in [3.8, 4) is 22.9 Å². The Morgan fingerprint density at radius 3 is 2.72 bits per heavy atom.